The van der Waals surface area contributed by atoms with E-state index in [1.807, 2.05) is 18.7 Å². The Balaban J connectivity index is 0.000000437. The number of aromatic nitrogens is 2. The number of unbranched alkanes of at least 4 members (excludes halogenated alkanes) is 4. The molecule has 1 heterocycles. The lowest BCUT2D eigenvalue weighted by molar-refractivity contribution is 0.368. The van der Waals surface area contributed by atoms with Gasteiger partial charge in [0.1, 0.15) is 0 Å². The summed E-state index contributed by atoms with van der Waals surface area (Å²) in [7, 11) is -6.00. The molecule has 1 aromatic rings. The van der Waals surface area contributed by atoms with Crippen molar-refractivity contribution >= 4 is 7.25 Å². The fourth-order valence-electron chi connectivity index (χ4n) is 1.32. The lowest BCUT2D eigenvalue weighted by Crippen LogP contribution is -2.02. The van der Waals surface area contributed by atoms with E-state index in [-0.39, 0.29) is 0 Å². The Bertz CT molecular complexity index is 256. The first-order chi connectivity index (χ1) is 7.93. The molecule has 1 aromatic heterocycles. The second kappa shape index (κ2) is 9.07. The lowest BCUT2D eigenvalue weighted by atomic mass is 10.1. The average Bonchev–Trinajstić information content (AvgIpc) is 2.67. The largest absolute Gasteiger partial charge is 0.673 e. The van der Waals surface area contributed by atoms with Crippen molar-refractivity contribution in [2.75, 3.05) is 0 Å². The number of hydrogen-bond acceptors (Lipinski definition) is 1. The van der Waals surface area contributed by atoms with Gasteiger partial charge in [-0.2, -0.15) is 0 Å². The van der Waals surface area contributed by atoms with Crippen LogP contribution in [0.5, 0.6) is 0 Å². The summed E-state index contributed by atoms with van der Waals surface area (Å²) in [4.78, 5) is 4.00. The van der Waals surface area contributed by atoms with E-state index in [0.717, 1.165) is 6.54 Å². The number of rotatable bonds is 6. The first-order valence-electron chi connectivity index (χ1n) is 5.76. The molecule has 2 nitrogen and oxygen atoms in total. The summed E-state index contributed by atoms with van der Waals surface area (Å²) in [5.41, 5.74) is 0. The van der Waals surface area contributed by atoms with Crippen molar-refractivity contribution in [3.63, 3.8) is 0 Å². The third-order valence-corrected chi connectivity index (χ3v) is 2.08. The van der Waals surface area contributed by atoms with E-state index >= 15 is 0 Å². The Labute approximate surface area is 99.1 Å². The van der Waals surface area contributed by atoms with Gasteiger partial charge in [0.15, 0.2) is 0 Å². The molecule has 0 amide bonds. The maximum Gasteiger partial charge on any atom is 0.673 e. The van der Waals surface area contributed by atoms with Crippen LogP contribution >= 0.6 is 0 Å². The molecule has 0 bridgehead atoms. The van der Waals surface area contributed by atoms with E-state index in [4.69, 9.17) is 0 Å². The summed E-state index contributed by atoms with van der Waals surface area (Å²) < 4.78 is 41.1. The average molecular weight is 253 g/mol. The molecular weight excluding hydrogens is 235 g/mol. The SMILES string of the molecule is CCCCCCCn1ccnc1.F[B-](F)(F)F. The number of hydrogen-bond donors (Lipinski definition) is 0. The standard InChI is InChI=1S/C10H18N2.BF4/c1-2-3-4-5-6-8-12-9-7-11-10-12;2-1(3,4)5/h7,9-10H,2-6,8H2,1H3;/q;-1. The molecule has 0 saturated carbocycles. The van der Waals surface area contributed by atoms with Gasteiger partial charge in [0.2, 0.25) is 0 Å². The van der Waals surface area contributed by atoms with Crippen LogP contribution in [0.2, 0.25) is 0 Å². The predicted molar refractivity (Wildman–Crippen MR) is 61.2 cm³/mol. The summed E-state index contributed by atoms with van der Waals surface area (Å²) in [5, 5.41) is 0. The maximum atomic E-state index is 9.75. The summed E-state index contributed by atoms with van der Waals surface area (Å²) in [6, 6.07) is 0. The van der Waals surface area contributed by atoms with E-state index in [2.05, 4.69) is 16.5 Å². The third-order valence-electron chi connectivity index (χ3n) is 2.08. The van der Waals surface area contributed by atoms with Gasteiger partial charge in [-0.05, 0) is 6.42 Å². The van der Waals surface area contributed by atoms with E-state index in [1.165, 1.54) is 32.1 Å². The predicted octanol–water partition coefficient (Wildman–Crippen LogP) is 4.15. The van der Waals surface area contributed by atoms with Crippen molar-refractivity contribution in [1.82, 2.24) is 9.55 Å². The number of halogens is 4. The van der Waals surface area contributed by atoms with Crippen LogP contribution in [0.25, 0.3) is 0 Å². The van der Waals surface area contributed by atoms with Crippen LogP contribution < -0.4 is 0 Å². The highest BCUT2D eigenvalue weighted by molar-refractivity contribution is 6.50. The Morgan fingerprint density at radius 1 is 1.06 bits per heavy atom. The minimum Gasteiger partial charge on any atom is -0.418 e. The van der Waals surface area contributed by atoms with Crippen LogP contribution in [0.15, 0.2) is 18.7 Å². The Morgan fingerprint density at radius 3 is 2.12 bits per heavy atom. The zero-order chi connectivity index (χ0) is 13.1. The molecule has 7 heteroatoms. The van der Waals surface area contributed by atoms with E-state index in [1.54, 1.807) is 0 Å². The Hall–Kier alpha value is -1.01. The molecule has 0 aliphatic rings. The first kappa shape index (κ1) is 16.0. The molecule has 0 unspecified atom stereocenters. The third kappa shape index (κ3) is 15.0. The normalized spacial score (nSPS) is 10.9. The molecule has 0 aromatic carbocycles. The molecule has 0 spiro atoms. The molecule has 0 atom stereocenters. The van der Waals surface area contributed by atoms with Gasteiger partial charge in [-0.25, -0.2) is 4.98 Å². The molecule has 1 rings (SSSR count). The zero-order valence-electron chi connectivity index (χ0n) is 9.96. The fraction of sp³-hybridized carbons (Fsp3) is 0.700. The van der Waals surface area contributed by atoms with Crippen molar-refractivity contribution in [2.45, 2.75) is 45.6 Å². The zero-order valence-corrected chi connectivity index (χ0v) is 9.96. The summed E-state index contributed by atoms with van der Waals surface area (Å²) in [5.74, 6) is 0. The Kier molecular flexibility index (Phi) is 8.53. The van der Waals surface area contributed by atoms with Gasteiger partial charge in [0.25, 0.3) is 0 Å². The highest BCUT2D eigenvalue weighted by Crippen LogP contribution is 2.06. The smallest absolute Gasteiger partial charge is 0.418 e. The van der Waals surface area contributed by atoms with Gasteiger partial charge >= 0.3 is 7.25 Å². The van der Waals surface area contributed by atoms with Gasteiger partial charge in [-0.3, -0.25) is 0 Å². The van der Waals surface area contributed by atoms with Gasteiger partial charge in [0.05, 0.1) is 6.33 Å². The van der Waals surface area contributed by atoms with Crippen LogP contribution in [0.1, 0.15) is 39.0 Å². The lowest BCUT2D eigenvalue weighted by Gasteiger charge is -2.00. The molecule has 17 heavy (non-hydrogen) atoms. The van der Waals surface area contributed by atoms with Crippen molar-refractivity contribution in [1.29, 1.82) is 0 Å². The number of nitrogens with zero attached hydrogens (tertiary/aromatic N) is 2. The fourth-order valence-corrected chi connectivity index (χ4v) is 1.32. The van der Waals surface area contributed by atoms with E-state index in [9.17, 15) is 17.3 Å². The minimum atomic E-state index is -6.00. The number of imidazole rings is 1. The number of aryl methyl sites for hydroxylation is 1. The molecule has 0 aliphatic carbocycles. The molecule has 100 valence electrons. The van der Waals surface area contributed by atoms with Crippen LogP contribution in [-0.4, -0.2) is 16.8 Å². The van der Waals surface area contributed by atoms with Crippen molar-refractivity contribution in [3.8, 4) is 0 Å². The monoisotopic (exact) mass is 253 g/mol. The minimum absolute atomic E-state index is 1.13. The molecule has 0 fully saturated rings. The van der Waals surface area contributed by atoms with Crippen molar-refractivity contribution in [3.05, 3.63) is 18.7 Å². The maximum absolute atomic E-state index is 9.75. The molecular formula is C10H18BF4N2-. The van der Waals surface area contributed by atoms with Gasteiger partial charge in [-0.15, -0.1) is 0 Å². The summed E-state index contributed by atoms with van der Waals surface area (Å²) in [6.45, 7) is 3.37. The van der Waals surface area contributed by atoms with Gasteiger partial charge in [-0.1, -0.05) is 32.6 Å². The van der Waals surface area contributed by atoms with E-state index < -0.39 is 7.25 Å². The highest BCUT2D eigenvalue weighted by atomic mass is 19.5. The Morgan fingerprint density at radius 2 is 1.65 bits per heavy atom. The summed E-state index contributed by atoms with van der Waals surface area (Å²) in [6.07, 6.45) is 12.5. The van der Waals surface area contributed by atoms with Crippen LogP contribution in [0.4, 0.5) is 17.3 Å². The second-order valence-corrected chi connectivity index (χ2v) is 3.71. The van der Waals surface area contributed by atoms with Crippen LogP contribution in [-0.2, 0) is 6.54 Å². The molecule has 0 saturated heterocycles. The van der Waals surface area contributed by atoms with Gasteiger partial charge in [0, 0.05) is 18.9 Å². The quantitative estimate of drug-likeness (QED) is 0.423. The second-order valence-electron chi connectivity index (χ2n) is 3.71. The van der Waals surface area contributed by atoms with Crippen molar-refractivity contribution in [2.24, 2.45) is 0 Å². The first-order valence-corrected chi connectivity index (χ1v) is 5.76. The van der Waals surface area contributed by atoms with Crippen molar-refractivity contribution < 1.29 is 17.3 Å². The van der Waals surface area contributed by atoms with Crippen LogP contribution in [0.3, 0.4) is 0 Å². The molecule has 0 radical (unpaired) electrons. The highest BCUT2D eigenvalue weighted by Gasteiger charge is 2.20. The van der Waals surface area contributed by atoms with Gasteiger partial charge < -0.3 is 21.8 Å². The van der Waals surface area contributed by atoms with Crippen LogP contribution in [0, 0.1) is 0 Å². The van der Waals surface area contributed by atoms with E-state index in [0.29, 0.717) is 0 Å². The topological polar surface area (TPSA) is 17.8 Å². The molecule has 0 aliphatic heterocycles. The molecule has 0 N–H and O–H groups in total. The summed E-state index contributed by atoms with van der Waals surface area (Å²) >= 11 is 0.